The topological polar surface area (TPSA) is 40.5 Å². The molecule has 2 N–H and O–H groups in total. The summed E-state index contributed by atoms with van der Waals surface area (Å²) in [5.74, 6) is 1.56. The number of allylic oxidation sites excluding steroid dienone is 7. The van der Waals surface area contributed by atoms with E-state index in [-0.39, 0.29) is 0 Å². The molecule has 2 fully saturated rings. The largest absolute Gasteiger partial charge is 0.400 e. The summed E-state index contributed by atoms with van der Waals surface area (Å²) >= 11 is 0. The molecule has 3 aliphatic carbocycles. The van der Waals surface area contributed by atoms with Gasteiger partial charge >= 0.3 is 0 Å². The van der Waals surface area contributed by atoms with E-state index in [1.165, 1.54) is 75.4 Å². The minimum atomic E-state index is -0.510. The molecule has 2 heteroatoms. The molecule has 0 amide bonds. The zero-order chi connectivity index (χ0) is 22.6. The van der Waals surface area contributed by atoms with Gasteiger partial charge < -0.3 is 10.2 Å². The molecule has 3 aliphatic rings. The minimum Gasteiger partial charge on any atom is -0.400 e. The Morgan fingerprint density at radius 1 is 1.00 bits per heavy atom. The fourth-order valence-electron chi connectivity index (χ4n) is 5.14. The van der Waals surface area contributed by atoms with Gasteiger partial charge in [-0.15, -0.1) is 0 Å². The van der Waals surface area contributed by atoms with Crippen LogP contribution >= 0.6 is 0 Å². The maximum atomic E-state index is 9.88. The smallest absolute Gasteiger partial charge is 0.0591 e. The molecule has 0 aromatic heterocycles. The van der Waals surface area contributed by atoms with Crippen molar-refractivity contribution in [3.05, 3.63) is 47.1 Å². The lowest BCUT2D eigenvalue weighted by Gasteiger charge is -2.31. The van der Waals surface area contributed by atoms with Gasteiger partial charge in [-0.1, -0.05) is 61.8 Å². The van der Waals surface area contributed by atoms with Crippen LogP contribution in [0.4, 0.5) is 0 Å². The van der Waals surface area contributed by atoms with E-state index in [0.717, 1.165) is 31.8 Å². The molecule has 0 aliphatic heterocycles. The van der Waals surface area contributed by atoms with Gasteiger partial charge in [-0.3, -0.25) is 0 Å². The van der Waals surface area contributed by atoms with E-state index >= 15 is 0 Å². The van der Waals surface area contributed by atoms with Gasteiger partial charge in [0.05, 0.1) is 5.60 Å². The fourth-order valence-corrected chi connectivity index (χ4v) is 5.14. The van der Waals surface area contributed by atoms with E-state index in [9.17, 15) is 5.11 Å². The van der Waals surface area contributed by atoms with Crippen molar-refractivity contribution >= 4 is 0 Å². The van der Waals surface area contributed by atoms with E-state index in [0.29, 0.717) is 0 Å². The van der Waals surface area contributed by atoms with Gasteiger partial charge in [0.25, 0.3) is 0 Å². The van der Waals surface area contributed by atoms with Crippen LogP contribution in [-0.4, -0.2) is 22.9 Å². The van der Waals surface area contributed by atoms with Crippen molar-refractivity contribution in [3.63, 3.8) is 0 Å². The Hall–Kier alpha value is -1.12. The lowest BCUT2D eigenvalue weighted by Crippen LogP contribution is -2.19. The van der Waals surface area contributed by atoms with Gasteiger partial charge in [0.2, 0.25) is 0 Å². The first kappa shape index (κ1) is 26.9. The number of hydrogen-bond acceptors (Lipinski definition) is 2. The van der Waals surface area contributed by atoms with Crippen LogP contribution < -0.4 is 0 Å². The van der Waals surface area contributed by atoms with Crippen molar-refractivity contribution in [2.24, 2.45) is 11.8 Å². The third kappa shape index (κ3) is 8.55. The molecule has 0 radical (unpaired) electrons. The zero-order valence-corrected chi connectivity index (χ0v) is 20.5. The van der Waals surface area contributed by atoms with Crippen LogP contribution in [0.15, 0.2) is 47.1 Å². The molecule has 172 valence electrons. The van der Waals surface area contributed by atoms with Crippen LogP contribution in [0.25, 0.3) is 0 Å². The van der Waals surface area contributed by atoms with Crippen LogP contribution in [0.5, 0.6) is 0 Å². The van der Waals surface area contributed by atoms with Crippen molar-refractivity contribution in [1.29, 1.82) is 0 Å². The number of aliphatic hydroxyl groups excluding tert-OH is 1. The molecule has 2 unspecified atom stereocenters. The summed E-state index contributed by atoms with van der Waals surface area (Å²) in [4.78, 5) is 0. The summed E-state index contributed by atoms with van der Waals surface area (Å²) in [5, 5.41) is 16.9. The Morgan fingerprint density at radius 2 is 1.70 bits per heavy atom. The van der Waals surface area contributed by atoms with Crippen LogP contribution in [0.2, 0.25) is 0 Å². The summed E-state index contributed by atoms with van der Waals surface area (Å²) in [6.07, 6.45) is 22.3. The molecule has 30 heavy (non-hydrogen) atoms. The Labute approximate surface area is 186 Å². The van der Waals surface area contributed by atoms with E-state index in [1.807, 2.05) is 27.7 Å². The van der Waals surface area contributed by atoms with Crippen LogP contribution in [0, 0.1) is 11.8 Å². The fraction of sp³-hybridized carbons (Fsp3) is 0.714. The van der Waals surface area contributed by atoms with Gasteiger partial charge in [-0.2, -0.15) is 0 Å². The maximum Gasteiger partial charge on any atom is 0.0591 e. The first-order valence-electron chi connectivity index (χ1n) is 12.4. The van der Waals surface area contributed by atoms with Crippen molar-refractivity contribution < 1.29 is 10.2 Å². The molecule has 0 aromatic carbocycles. The maximum absolute atomic E-state index is 9.88. The van der Waals surface area contributed by atoms with E-state index in [2.05, 4.69) is 24.8 Å². The molecule has 0 aromatic rings. The molecule has 2 atom stereocenters. The second-order valence-corrected chi connectivity index (χ2v) is 9.38. The van der Waals surface area contributed by atoms with E-state index in [1.54, 1.807) is 11.1 Å². The normalized spacial score (nSPS) is 26.4. The third-order valence-electron chi connectivity index (χ3n) is 6.68. The Morgan fingerprint density at radius 3 is 2.37 bits per heavy atom. The van der Waals surface area contributed by atoms with Gasteiger partial charge in [0.15, 0.2) is 0 Å². The average molecular weight is 417 g/mol. The molecule has 0 heterocycles. The predicted octanol–water partition coefficient (Wildman–Crippen LogP) is 7.68. The highest BCUT2D eigenvalue weighted by molar-refractivity contribution is 5.36. The number of rotatable bonds is 6. The summed E-state index contributed by atoms with van der Waals surface area (Å²) in [6.45, 7) is 12.1. The molecule has 3 rings (SSSR count). The van der Waals surface area contributed by atoms with Crippen LogP contribution in [0.1, 0.15) is 105 Å². The number of aliphatic hydroxyl groups is 2. The van der Waals surface area contributed by atoms with Crippen LogP contribution in [-0.2, 0) is 0 Å². The standard InChI is InChI=1S/C25H38O.C2H6.CH4O/c1-19-9-4-5-10-20(19)14-15-22-12-8-13-23-21(16-17-24(22)23)11-6-7-18-25(2,3)26;2*1-2/h14-16,23-24,26H,1,4-13,17-18H2,2-3H3;1-2H3;2H,1H3/b20-14-,22-15+;;. The highest BCUT2D eigenvalue weighted by Gasteiger charge is 2.34. The summed E-state index contributed by atoms with van der Waals surface area (Å²) in [6, 6.07) is 0. The quantitative estimate of drug-likeness (QED) is 0.344. The lowest BCUT2D eigenvalue weighted by atomic mass is 9.74. The van der Waals surface area contributed by atoms with Crippen molar-refractivity contribution in [2.75, 3.05) is 7.11 Å². The molecular weight excluding hydrogens is 368 g/mol. The SMILES string of the molecule is C=C1CCCC/C1=C/C=C1\CCCC2C(CCCCC(C)(C)O)=CCC12.CC.CO. The van der Waals surface area contributed by atoms with Gasteiger partial charge in [0.1, 0.15) is 0 Å². The number of unbranched alkanes of at least 4 members (excludes halogenated alkanes) is 1. The summed E-state index contributed by atoms with van der Waals surface area (Å²) < 4.78 is 0. The second kappa shape index (κ2) is 14.0. The molecule has 0 spiro atoms. The predicted molar refractivity (Wildman–Crippen MR) is 132 cm³/mol. The van der Waals surface area contributed by atoms with E-state index < -0.39 is 5.60 Å². The second-order valence-electron chi connectivity index (χ2n) is 9.38. The third-order valence-corrected chi connectivity index (χ3v) is 6.68. The Bertz CT molecular complexity index is 601. The first-order valence-corrected chi connectivity index (χ1v) is 12.4. The molecular formula is C28H48O2. The zero-order valence-electron chi connectivity index (χ0n) is 20.5. The summed E-state index contributed by atoms with van der Waals surface area (Å²) in [5.41, 5.74) is 5.77. The molecule has 0 saturated heterocycles. The van der Waals surface area contributed by atoms with Gasteiger partial charge in [-0.25, -0.2) is 0 Å². The van der Waals surface area contributed by atoms with Gasteiger partial charge in [-0.05, 0) is 102 Å². The van der Waals surface area contributed by atoms with Crippen molar-refractivity contribution in [2.45, 2.75) is 110 Å². The van der Waals surface area contributed by atoms with E-state index in [4.69, 9.17) is 5.11 Å². The number of fused-ring (bicyclic) bond motifs is 1. The number of hydrogen-bond donors (Lipinski definition) is 2. The van der Waals surface area contributed by atoms with Crippen molar-refractivity contribution in [3.8, 4) is 0 Å². The average Bonchev–Trinajstić information content (AvgIpc) is 3.17. The monoisotopic (exact) mass is 416 g/mol. The Kier molecular flexibility index (Phi) is 12.6. The highest BCUT2D eigenvalue weighted by Crippen LogP contribution is 2.47. The molecule has 2 nitrogen and oxygen atoms in total. The Balaban J connectivity index is 0.00000106. The first-order chi connectivity index (χ1) is 14.4. The minimum absolute atomic E-state index is 0.510. The summed E-state index contributed by atoms with van der Waals surface area (Å²) in [7, 11) is 1.00. The molecule has 2 saturated carbocycles. The van der Waals surface area contributed by atoms with Gasteiger partial charge in [0, 0.05) is 7.11 Å². The van der Waals surface area contributed by atoms with Crippen molar-refractivity contribution in [1.82, 2.24) is 0 Å². The lowest BCUT2D eigenvalue weighted by molar-refractivity contribution is 0.0682. The van der Waals surface area contributed by atoms with Crippen LogP contribution in [0.3, 0.4) is 0 Å². The molecule has 0 bridgehead atoms. The highest BCUT2D eigenvalue weighted by atomic mass is 16.3.